The van der Waals surface area contributed by atoms with E-state index in [1.165, 1.54) is 29.8 Å². The Morgan fingerprint density at radius 2 is 1.90 bits per heavy atom. The molecule has 1 amide bonds. The number of ether oxygens (including phenoxy) is 2. The number of benzene rings is 1. The van der Waals surface area contributed by atoms with Gasteiger partial charge in [0.15, 0.2) is 0 Å². The summed E-state index contributed by atoms with van der Waals surface area (Å²) in [5.74, 6) is 0.372. The molecule has 0 saturated heterocycles. The lowest BCUT2D eigenvalue weighted by molar-refractivity contribution is -0.115. The molecular weight excluding hydrogens is 426 g/mol. The normalized spacial score (nSPS) is 10.6. The molecule has 0 spiro atoms. The van der Waals surface area contributed by atoms with E-state index in [9.17, 15) is 14.4 Å². The van der Waals surface area contributed by atoms with Crippen molar-refractivity contribution in [1.82, 2.24) is 9.55 Å². The molecule has 1 aromatic heterocycles. The summed E-state index contributed by atoms with van der Waals surface area (Å²) in [6.45, 7) is 4.26. The van der Waals surface area contributed by atoms with E-state index in [0.717, 1.165) is 12.8 Å². The minimum Gasteiger partial charge on any atom is -0.495 e. The van der Waals surface area contributed by atoms with Gasteiger partial charge in [-0.2, -0.15) is 0 Å². The van der Waals surface area contributed by atoms with E-state index in [-0.39, 0.29) is 18.1 Å². The molecule has 31 heavy (non-hydrogen) atoms. The van der Waals surface area contributed by atoms with Gasteiger partial charge in [-0.3, -0.25) is 19.1 Å². The lowest BCUT2D eigenvalue weighted by Gasteiger charge is -2.24. The second-order valence-corrected chi connectivity index (χ2v) is 7.15. The van der Waals surface area contributed by atoms with Crippen LogP contribution in [0.3, 0.4) is 0 Å². The summed E-state index contributed by atoms with van der Waals surface area (Å²) in [5, 5.41) is 3.02. The van der Waals surface area contributed by atoms with Crippen LogP contribution in [0.5, 0.6) is 11.5 Å². The Kier molecular flexibility index (Phi) is 8.38. The summed E-state index contributed by atoms with van der Waals surface area (Å²) in [7, 11) is 2.93. The number of anilines is 3. The molecule has 0 aliphatic rings. The van der Waals surface area contributed by atoms with Crippen LogP contribution in [0.25, 0.3) is 0 Å². The number of aromatic nitrogens is 2. The number of methoxy groups -OCH3 is 2. The highest BCUT2D eigenvalue weighted by Gasteiger charge is 2.21. The maximum absolute atomic E-state index is 12.7. The smallest absolute Gasteiger partial charge is 0.330 e. The fraction of sp³-hybridized carbons (Fsp3) is 0.450. The van der Waals surface area contributed by atoms with Crippen molar-refractivity contribution >= 4 is 34.7 Å². The van der Waals surface area contributed by atoms with Crippen molar-refractivity contribution in [3.63, 3.8) is 0 Å². The SMILES string of the molecule is CCCCn1c(N)c(N(CC)CC(=O)Nc2cc(Cl)c(OC)cc2OC)c(=O)[nH]c1=O. The van der Waals surface area contributed by atoms with E-state index < -0.39 is 17.2 Å². The Bertz CT molecular complexity index is 1050. The predicted octanol–water partition coefficient (Wildman–Crippen LogP) is 2.05. The molecule has 0 saturated carbocycles. The number of amides is 1. The van der Waals surface area contributed by atoms with Gasteiger partial charge in [-0.15, -0.1) is 0 Å². The van der Waals surface area contributed by atoms with Crippen molar-refractivity contribution in [3.8, 4) is 11.5 Å². The van der Waals surface area contributed by atoms with Crippen LogP contribution in [0.1, 0.15) is 26.7 Å². The number of carbonyl (C=O) groups is 1. The van der Waals surface area contributed by atoms with Crippen LogP contribution >= 0.6 is 11.6 Å². The third-order valence-electron chi connectivity index (χ3n) is 4.73. The summed E-state index contributed by atoms with van der Waals surface area (Å²) in [4.78, 5) is 41.1. The van der Waals surface area contributed by atoms with Crippen molar-refractivity contribution in [2.45, 2.75) is 33.2 Å². The van der Waals surface area contributed by atoms with Crippen LogP contribution in [0, 0.1) is 0 Å². The van der Waals surface area contributed by atoms with Crippen LogP contribution in [-0.2, 0) is 11.3 Å². The monoisotopic (exact) mass is 453 g/mol. The Balaban J connectivity index is 2.32. The van der Waals surface area contributed by atoms with Crippen LogP contribution in [0.15, 0.2) is 21.7 Å². The van der Waals surface area contributed by atoms with E-state index >= 15 is 0 Å². The van der Waals surface area contributed by atoms with Crippen molar-refractivity contribution < 1.29 is 14.3 Å². The van der Waals surface area contributed by atoms with Gasteiger partial charge in [0.05, 0.1) is 31.5 Å². The van der Waals surface area contributed by atoms with Crippen molar-refractivity contribution in [2.75, 3.05) is 43.3 Å². The van der Waals surface area contributed by atoms with Gasteiger partial charge in [-0.1, -0.05) is 24.9 Å². The average Bonchev–Trinajstić information content (AvgIpc) is 2.72. The third kappa shape index (κ3) is 5.52. The molecular formula is C20H28ClN5O5. The van der Waals surface area contributed by atoms with Crippen LogP contribution in [0.2, 0.25) is 5.02 Å². The summed E-state index contributed by atoms with van der Waals surface area (Å²) in [6.07, 6.45) is 1.58. The first-order valence-electron chi connectivity index (χ1n) is 9.86. The van der Waals surface area contributed by atoms with E-state index in [1.54, 1.807) is 13.0 Å². The minimum atomic E-state index is -0.644. The Hall–Kier alpha value is -3.14. The molecule has 1 heterocycles. The number of nitrogens with two attached hydrogens (primary N) is 1. The second-order valence-electron chi connectivity index (χ2n) is 6.75. The van der Waals surface area contributed by atoms with Gasteiger partial charge in [0.25, 0.3) is 5.56 Å². The van der Waals surface area contributed by atoms with Gasteiger partial charge >= 0.3 is 5.69 Å². The number of halogens is 1. The highest BCUT2D eigenvalue weighted by molar-refractivity contribution is 6.32. The van der Waals surface area contributed by atoms with E-state index in [1.807, 2.05) is 6.92 Å². The number of nitrogens with one attached hydrogen (secondary N) is 2. The standard InChI is InChI=1S/C20H28ClN5O5/c1-5-7-8-26-18(22)17(19(28)24-20(26)29)25(6-2)11-16(27)23-13-9-12(21)14(30-3)10-15(13)31-4/h9-10H,5-8,11,22H2,1-4H3,(H,23,27)(H,24,28,29). The van der Waals surface area contributed by atoms with Crippen molar-refractivity contribution in [1.29, 1.82) is 0 Å². The van der Waals surface area contributed by atoms with Gasteiger partial charge in [-0.05, 0) is 19.4 Å². The van der Waals surface area contributed by atoms with E-state index in [2.05, 4.69) is 10.3 Å². The molecule has 11 heteroatoms. The number of unbranched alkanes of at least 4 members (excludes halogenated alkanes) is 1. The van der Waals surface area contributed by atoms with Crippen molar-refractivity contribution in [3.05, 3.63) is 38.0 Å². The number of hydrogen-bond acceptors (Lipinski definition) is 7. The molecule has 0 aliphatic heterocycles. The van der Waals surface area contributed by atoms with Crippen LogP contribution < -0.4 is 36.7 Å². The third-order valence-corrected chi connectivity index (χ3v) is 5.03. The highest BCUT2D eigenvalue weighted by Crippen LogP contribution is 2.35. The fourth-order valence-electron chi connectivity index (χ4n) is 3.09. The molecule has 170 valence electrons. The summed E-state index contributed by atoms with van der Waals surface area (Å²) in [5.41, 5.74) is 5.36. The maximum Gasteiger partial charge on any atom is 0.330 e. The average molecular weight is 454 g/mol. The first-order chi connectivity index (χ1) is 14.8. The topological polar surface area (TPSA) is 132 Å². The summed E-state index contributed by atoms with van der Waals surface area (Å²) >= 11 is 6.15. The van der Waals surface area contributed by atoms with E-state index in [0.29, 0.717) is 35.3 Å². The number of carbonyl (C=O) groups excluding carboxylic acids is 1. The molecule has 0 radical (unpaired) electrons. The summed E-state index contributed by atoms with van der Waals surface area (Å²) < 4.78 is 11.7. The zero-order chi connectivity index (χ0) is 23.1. The van der Waals surface area contributed by atoms with Gasteiger partial charge in [-0.25, -0.2) is 4.79 Å². The second kappa shape index (κ2) is 10.8. The maximum atomic E-state index is 12.7. The Labute approximate surface area is 184 Å². The zero-order valence-electron chi connectivity index (χ0n) is 18.1. The number of aromatic amines is 1. The minimum absolute atomic E-state index is 0.0296. The van der Waals surface area contributed by atoms with Gasteiger partial charge in [0, 0.05) is 19.2 Å². The Morgan fingerprint density at radius 3 is 2.48 bits per heavy atom. The molecule has 0 bridgehead atoms. The number of hydrogen-bond donors (Lipinski definition) is 3. The number of H-pyrrole nitrogens is 1. The van der Waals surface area contributed by atoms with Crippen LogP contribution in [0.4, 0.5) is 17.2 Å². The lowest BCUT2D eigenvalue weighted by atomic mass is 10.2. The van der Waals surface area contributed by atoms with Crippen molar-refractivity contribution in [2.24, 2.45) is 0 Å². The van der Waals surface area contributed by atoms with E-state index in [4.69, 9.17) is 26.8 Å². The molecule has 1 aromatic carbocycles. The molecule has 0 atom stereocenters. The molecule has 0 unspecified atom stereocenters. The lowest BCUT2D eigenvalue weighted by Crippen LogP contribution is -2.41. The molecule has 2 aromatic rings. The van der Waals surface area contributed by atoms with Gasteiger partial charge in [0.2, 0.25) is 5.91 Å². The summed E-state index contributed by atoms with van der Waals surface area (Å²) in [6, 6.07) is 3.07. The molecule has 0 fully saturated rings. The van der Waals surface area contributed by atoms with Gasteiger partial charge in [0.1, 0.15) is 23.0 Å². The fourth-order valence-corrected chi connectivity index (χ4v) is 3.33. The number of likely N-dealkylation sites (N-methyl/N-ethyl adjacent to an activating group) is 1. The Morgan fingerprint density at radius 1 is 1.23 bits per heavy atom. The molecule has 4 N–H and O–H groups in total. The molecule has 2 rings (SSSR count). The first-order valence-corrected chi connectivity index (χ1v) is 10.2. The quantitative estimate of drug-likeness (QED) is 0.501. The first kappa shape index (κ1) is 24.1. The highest BCUT2D eigenvalue weighted by atomic mass is 35.5. The molecule has 10 nitrogen and oxygen atoms in total. The largest absolute Gasteiger partial charge is 0.495 e. The van der Waals surface area contributed by atoms with Crippen LogP contribution in [-0.4, -0.2) is 42.8 Å². The number of nitrogens with zero attached hydrogens (tertiary/aromatic N) is 2. The number of rotatable bonds is 10. The number of nitrogen functional groups attached to an aromatic ring is 1. The zero-order valence-corrected chi connectivity index (χ0v) is 18.8. The predicted molar refractivity (Wildman–Crippen MR) is 122 cm³/mol. The molecule has 0 aliphatic carbocycles. The van der Waals surface area contributed by atoms with Gasteiger partial charge < -0.3 is 25.4 Å².